The number of hydrogen-bond donors (Lipinski definition) is 2. The molecule has 1 aromatic carbocycles. The van der Waals surface area contributed by atoms with Crippen LogP contribution in [0.3, 0.4) is 0 Å². The van der Waals surface area contributed by atoms with Crippen molar-refractivity contribution < 1.29 is 0 Å². The molecule has 4 N–H and O–H groups in total. The second kappa shape index (κ2) is 4.33. The number of hydrogen-bond acceptors (Lipinski definition) is 2. The molecule has 2 heteroatoms. The Morgan fingerprint density at radius 1 is 1.20 bits per heavy atom. The quantitative estimate of drug-likeness (QED) is 0.772. The first-order valence-corrected chi connectivity index (χ1v) is 5.79. The standard InChI is InChI=1S/C13H20N2/c14-12-8-4-5-9-13(12,15)10-11-6-2-1-3-7-11/h1-3,6-7,12H,4-5,8-10,14-15H2. The van der Waals surface area contributed by atoms with Gasteiger partial charge in [0, 0.05) is 11.6 Å². The highest BCUT2D eigenvalue weighted by molar-refractivity contribution is 5.19. The van der Waals surface area contributed by atoms with Crippen molar-refractivity contribution in [3.8, 4) is 0 Å². The summed E-state index contributed by atoms with van der Waals surface area (Å²) in [6, 6.07) is 10.6. The maximum absolute atomic E-state index is 6.41. The van der Waals surface area contributed by atoms with Crippen molar-refractivity contribution in [2.45, 2.75) is 43.7 Å². The molecule has 15 heavy (non-hydrogen) atoms. The lowest BCUT2D eigenvalue weighted by Gasteiger charge is -2.39. The monoisotopic (exact) mass is 204 g/mol. The van der Waals surface area contributed by atoms with Gasteiger partial charge in [-0.2, -0.15) is 0 Å². The molecule has 0 spiro atoms. The highest BCUT2D eigenvalue weighted by atomic mass is 14.9. The minimum atomic E-state index is -0.181. The molecule has 1 aliphatic rings. The summed E-state index contributed by atoms with van der Waals surface area (Å²) in [5, 5.41) is 0. The van der Waals surface area contributed by atoms with E-state index in [4.69, 9.17) is 11.5 Å². The molecule has 2 nitrogen and oxygen atoms in total. The van der Waals surface area contributed by atoms with E-state index in [9.17, 15) is 0 Å². The van der Waals surface area contributed by atoms with Crippen molar-refractivity contribution in [1.29, 1.82) is 0 Å². The van der Waals surface area contributed by atoms with Crippen LogP contribution in [0.4, 0.5) is 0 Å². The SMILES string of the molecule is NC1CCCCC1(N)Cc1ccccc1. The second-order valence-corrected chi connectivity index (χ2v) is 4.75. The van der Waals surface area contributed by atoms with Crippen molar-refractivity contribution >= 4 is 0 Å². The summed E-state index contributed by atoms with van der Waals surface area (Å²) in [4.78, 5) is 0. The lowest BCUT2D eigenvalue weighted by molar-refractivity contribution is 0.251. The molecule has 1 fully saturated rings. The van der Waals surface area contributed by atoms with Gasteiger partial charge in [0.2, 0.25) is 0 Å². The van der Waals surface area contributed by atoms with E-state index in [0.717, 1.165) is 19.3 Å². The third-order valence-electron chi connectivity index (χ3n) is 3.52. The molecular formula is C13H20N2. The fourth-order valence-corrected chi connectivity index (χ4v) is 2.49. The van der Waals surface area contributed by atoms with Gasteiger partial charge in [-0.25, -0.2) is 0 Å². The first-order chi connectivity index (χ1) is 7.21. The summed E-state index contributed by atoms with van der Waals surface area (Å²) in [6.45, 7) is 0. The van der Waals surface area contributed by atoms with Gasteiger partial charge in [0.05, 0.1) is 0 Å². The molecule has 2 atom stereocenters. The Kier molecular flexibility index (Phi) is 3.08. The first-order valence-electron chi connectivity index (χ1n) is 5.79. The maximum Gasteiger partial charge on any atom is 0.0348 e. The van der Waals surface area contributed by atoms with Crippen LogP contribution in [0.1, 0.15) is 31.2 Å². The largest absolute Gasteiger partial charge is 0.326 e. The summed E-state index contributed by atoms with van der Waals surface area (Å²) >= 11 is 0. The predicted octanol–water partition coefficient (Wildman–Crippen LogP) is 1.83. The van der Waals surface area contributed by atoms with Gasteiger partial charge in [0.1, 0.15) is 0 Å². The van der Waals surface area contributed by atoms with E-state index in [1.54, 1.807) is 0 Å². The minimum Gasteiger partial charge on any atom is -0.326 e. The molecular weight excluding hydrogens is 184 g/mol. The van der Waals surface area contributed by atoms with Crippen LogP contribution in [-0.2, 0) is 6.42 Å². The number of rotatable bonds is 2. The average Bonchev–Trinajstić information content (AvgIpc) is 2.24. The molecule has 0 bridgehead atoms. The van der Waals surface area contributed by atoms with Crippen LogP contribution >= 0.6 is 0 Å². The van der Waals surface area contributed by atoms with Gasteiger partial charge in [0.15, 0.2) is 0 Å². The Hall–Kier alpha value is -0.860. The van der Waals surface area contributed by atoms with E-state index in [1.165, 1.54) is 18.4 Å². The zero-order valence-corrected chi connectivity index (χ0v) is 9.15. The van der Waals surface area contributed by atoms with Crippen molar-refractivity contribution in [1.82, 2.24) is 0 Å². The minimum absolute atomic E-state index is 0.159. The Labute approximate surface area is 91.7 Å². The molecule has 2 unspecified atom stereocenters. The molecule has 82 valence electrons. The third kappa shape index (κ3) is 2.39. The Morgan fingerprint density at radius 2 is 1.93 bits per heavy atom. The average molecular weight is 204 g/mol. The topological polar surface area (TPSA) is 52.0 Å². The molecule has 1 aliphatic carbocycles. The van der Waals surface area contributed by atoms with Crippen LogP contribution in [0.25, 0.3) is 0 Å². The summed E-state index contributed by atoms with van der Waals surface area (Å²) in [7, 11) is 0. The third-order valence-corrected chi connectivity index (χ3v) is 3.52. The van der Waals surface area contributed by atoms with Crippen LogP contribution in [0.5, 0.6) is 0 Å². The van der Waals surface area contributed by atoms with E-state index in [1.807, 2.05) is 6.07 Å². The fourth-order valence-electron chi connectivity index (χ4n) is 2.49. The van der Waals surface area contributed by atoms with E-state index >= 15 is 0 Å². The van der Waals surface area contributed by atoms with Crippen LogP contribution in [0.2, 0.25) is 0 Å². The zero-order chi connectivity index (χ0) is 10.7. The molecule has 0 amide bonds. The van der Waals surface area contributed by atoms with E-state index in [-0.39, 0.29) is 11.6 Å². The summed E-state index contributed by atoms with van der Waals surface area (Å²) in [5.74, 6) is 0. The normalized spacial score (nSPS) is 31.5. The van der Waals surface area contributed by atoms with Crippen LogP contribution in [0, 0.1) is 0 Å². The van der Waals surface area contributed by atoms with Crippen molar-refractivity contribution in [2.75, 3.05) is 0 Å². The Morgan fingerprint density at radius 3 is 2.60 bits per heavy atom. The fraction of sp³-hybridized carbons (Fsp3) is 0.538. The van der Waals surface area contributed by atoms with Crippen molar-refractivity contribution in [3.63, 3.8) is 0 Å². The van der Waals surface area contributed by atoms with Gasteiger partial charge in [-0.15, -0.1) is 0 Å². The van der Waals surface area contributed by atoms with Gasteiger partial charge in [-0.05, 0) is 24.8 Å². The molecule has 0 aliphatic heterocycles. The van der Waals surface area contributed by atoms with Gasteiger partial charge in [0.25, 0.3) is 0 Å². The van der Waals surface area contributed by atoms with Crippen LogP contribution < -0.4 is 11.5 Å². The number of benzene rings is 1. The first kappa shape index (κ1) is 10.7. The van der Waals surface area contributed by atoms with Gasteiger partial charge < -0.3 is 11.5 Å². The van der Waals surface area contributed by atoms with Crippen molar-refractivity contribution in [2.24, 2.45) is 11.5 Å². The molecule has 1 aromatic rings. The summed E-state index contributed by atoms with van der Waals surface area (Å²) < 4.78 is 0. The molecule has 2 rings (SSSR count). The second-order valence-electron chi connectivity index (χ2n) is 4.75. The maximum atomic E-state index is 6.41. The lowest BCUT2D eigenvalue weighted by atomic mass is 9.75. The zero-order valence-electron chi connectivity index (χ0n) is 9.15. The predicted molar refractivity (Wildman–Crippen MR) is 63.5 cm³/mol. The molecule has 0 saturated heterocycles. The van der Waals surface area contributed by atoms with E-state index in [0.29, 0.717) is 0 Å². The molecule has 1 saturated carbocycles. The Balaban J connectivity index is 2.09. The van der Waals surface area contributed by atoms with Crippen LogP contribution in [-0.4, -0.2) is 11.6 Å². The van der Waals surface area contributed by atoms with Crippen molar-refractivity contribution in [3.05, 3.63) is 35.9 Å². The Bertz CT molecular complexity index is 310. The van der Waals surface area contributed by atoms with Crippen LogP contribution in [0.15, 0.2) is 30.3 Å². The molecule has 0 heterocycles. The molecule has 0 radical (unpaired) electrons. The summed E-state index contributed by atoms with van der Waals surface area (Å²) in [5.41, 5.74) is 13.7. The number of nitrogens with two attached hydrogens (primary N) is 2. The lowest BCUT2D eigenvalue weighted by Crippen LogP contribution is -2.58. The van der Waals surface area contributed by atoms with Gasteiger partial charge in [-0.3, -0.25) is 0 Å². The van der Waals surface area contributed by atoms with Gasteiger partial charge in [-0.1, -0.05) is 43.2 Å². The van der Waals surface area contributed by atoms with E-state index < -0.39 is 0 Å². The smallest absolute Gasteiger partial charge is 0.0348 e. The summed E-state index contributed by atoms with van der Waals surface area (Å²) in [6.07, 6.45) is 5.49. The highest BCUT2D eigenvalue weighted by Crippen LogP contribution is 2.28. The molecule has 0 aromatic heterocycles. The van der Waals surface area contributed by atoms with Gasteiger partial charge >= 0.3 is 0 Å². The van der Waals surface area contributed by atoms with E-state index in [2.05, 4.69) is 24.3 Å². The highest BCUT2D eigenvalue weighted by Gasteiger charge is 2.34.